The number of hydrogen-bond acceptors (Lipinski definition) is 3. The summed E-state index contributed by atoms with van der Waals surface area (Å²) in [5.41, 5.74) is -0.153. The fourth-order valence-corrected chi connectivity index (χ4v) is 3.32. The number of rotatable bonds is 5. The first-order valence-corrected chi connectivity index (χ1v) is 7.98. The molecule has 2 aliphatic rings. The molecule has 0 radical (unpaired) electrons. The van der Waals surface area contributed by atoms with Crippen molar-refractivity contribution in [1.82, 2.24) is 15.5 Å². The Hall–Kier alpha value is -0.610. The van der Waals surface area contributed by atoms with Gasteiger partial charge in [0.1, 0.15) is 0 Å². The minimum atomic E-state index is -0.153. The van der Waals surface area contributed by atoms with Gasteiger partial charge in [0.2, 0.25) is 5.91 Å². The van der Waals surface area contributed by atoms with Gasteiger partial charge in [0, 0.05) is 19.6 Å². The van der Waals surface area contributed by atoms with Crippen LogP contribution in [-0.4, -0.2) is 50.1 Å². The Morgan fingerprint density at radius 3 is 2.68 bits per heavy atom. The molecular formula is C15H29N3O. The standard InChI is InChI=1S/C15H29N3O/c1-2-15(7-6-8-16-13-15)14(19)17-9-12-18-10-4-3-5-11-18/h16H,2-13H2,1H3,(H,17,19). The summed E-state index contributed by atoms with van der Waals surface area (Å²) >= 11 is 0. The Morgan fingerprint density at radius 1 is 1.26 bits per heavy atom. The third-order valence-electron chi connectivity index (χ3n) is 4.79. The molecule has 2 fully saturated rings. The van der Waals surface area contributed by atoms with Crippen molar-refractivity contribution < 1.29 is 4.79 Å². The molecule has 0 bridgehead atoms. The van der Waals surface area contributed by atoms with Crippen LogP contribution in [0, 0.1) is 5.41 Å². The Morgan fingerprint density at radius 2 is 2.05 bits per heavy atom. The van der Waals surface area contributed by atoms with E-state index in [0.29, 0.717) is 0 Å². The van der Waals surface area contributed by atoms with Gasteiger partial charge in [-0.25, -0.2) is 0 Å². The van der Waals surface area contributed by atoms with Crippen molar-refractivity contribution in [3.8, 4) is 0 Å². The minimum absolute atomic E-state index is 0.153. The van der Waals surface area contributed by atoms with Crippen LogP contribution in [0.5, 0.6) is 0 Å². The molecule has 1 amide bonds. The van der Waals surface area contributed by atoms with Gasteiger partial charge in [0.15, 0.2) is 0 Å². The van der Waals surface area contributed by atoms with E-state index in [1.54, 1.807) is 0 Å². The maximum Gasteiger partial charge on any atom is 0.227 e. The summed E-state index contributed by atoms with van der Waals surface area (Å²) in [4.78, 5) is 14.9. The van der Waals surface area contributed by atoms with Gasteiger partial charge in [0.25, 0.3) is 0 Å². The van der Waals surface area contributed by atoms with Gasteiger partial charge in [-0.15, -0.1) is 0 Å². The highest BCUT2D eigenvalue weighted by Gasteiger charge is 2.37. The zero-order valence-corrected chi connectivity index (χ0v) is 12.3. The molecule has 0 aromatic heterocycles. The second kappa shape index (κ2) is 7.25. The van der Waals surface area contributed by atoms with Gasteiger partial charge in [-0.1, -0.05) is 13.3 Å². The first kappa shape index (κ1) is 14.8. The molecule has 1 unspecified atom stereocenters. The first-order valence-electron chi connectivity index (χ1n) is 7.98. The Labute approximate surface area is 117 Å². The molecule has 1 atom stereocenters. The topological polar surface area (TPSA) is 44.4 Å². The van der Waals surface area contributed by atoms with Crippen LogP contribution in [0.1, 0.15) is 45.4 Å². The number of nitrogens with one attached hydrogen (secondary N) is 2. The van der Waals surface area contributed by atoms with E-state index in [-0.39, 0.29) is 11.3 Å². The first-order chi connectivity index (χ1) is 9.27. The number of carbonyl (C=O) groups excluding carboxylic acids is 1. The van der Waals surface area contributed by atoms with Crippen LogP contribution < -0.4 is 10.6 Å². The normalized spacial score (nSPS) is 29.1. The summed E-state index contributed by atoms with van der Waals surface area (Å²) in [6.45, 7) is 8.27. The maximum absolute atomic E-state index is 12.4. The second-order valence-corrected chi connectivity index (χ2v) is 6.07. The molecular weight excluding hydrogens is 238 g/mol. The number of likely N-dealkylation sites (tertiary alicyclic amines) is 1. The van der Waals surface area contributed by atoms with E-state index in [0.717, 1.165) is 45.4 Å². The molecule has 0 aromatic rings. The fraction of sp³-hybridized carbons (Fsp3) is 0.933. The zero-order valence-electron chi connectivity index (χ0n) is 12.3. The van der Waals surface area contributed by atoms with Crippen LogP contribution in [-0.2, 0) is 4.79 Å². The molecule has 2 saturated heterocycles. The number of carbonyl (C=O) groups is 1. The lowest BCUT2D eigenvalue weighted by Crippen LogP contribution is -2.51. The van der Waals surface area contributed by atoms with E-state index in [4.69, 9.17) is 0 Å². The van der Waals surface area contributed by atoms with Crippen LogP contribution in [0.2, 0.25) is 0 Å². The Bertz CT molecular complexity index is 281. The van der Waals surface area contributed by atoms with Crippen LogP contribution in [0.15, 0.2) is 0 Å². The molecule has 4 heteroatoms. The van der Waals surface area contributed by atoms with Crippen molar-refractivity contribution in [2.24, 2.45) is 5.41 Å². The lowest BCUT2D eigenvalue weighted by Gasteiger charge is -2.35. The zero-order chi connectivity index (χ0) is 13.6. The summed E-state index contributed by atoms with van der Waals surface area (Å²) in [7, 11) is 0. The largest absolute Gasteiger partial charge is 0.354 e. The quantitative estimate of drug-likeness (QED) is 0.791. The number of amides is 1. The summed E-state index contributed by atoms with van der Waals surface area (Å²) < 4.78 is 0. The van der Waals surface area contributed by atoms with Crippen molar-refractivity contribution in [3.05, 3.63) is 0 Å². The van der Waals surface area contributed by atoms with Gasteiger partial charge >= 0.3 is 0 Å². The Kier molecular flexibility index (Phi) is 5.64. The average molecular weight is 267 g/mol. The van der Waals surface area contributed by atoms with Crippen molar-refractivity contribution in [1.29, 1.82) is 0 Å². The lowest BCUT2D eigenvalue weighted by molar-refractivity contribution is -0.132. The molecule has 2 N–H and O–H groups in total. The Balaban J connectivity index is 1.73. The van der Waals surface area contributed by atoms with Crippen molar-refractivity contribution in [2.45, 2.75) is 45.4 Å². The van der Waals surface area contributed by atoms with Crippen LogP contribution in [0.3, 0.4) is 0 Å². The smallest absolute Gasteiger partial charge is 0.227 e. The predicted molar refractivity (Wildman–Crippen MR) is 78.1 cm³/mol. The van der Waals surface area contributed by atoms with E-state index in [1.807, 2.05) is 0 Å². The van der Waals surface area contributed by atoms with Crippen LogP contribution in [0.4, 0.5) is 0 Å². The van der Waals surface area contributed by atoms with Crippen LogP contribution >= 0.6 is 0 Å². The number of nitrogens with zero attached hydrogens (tertiary/aromatic N) is 1. The molecule has 0 saturated carbocycles. The van der Waals surface area contributed by atoms with Gasteiger partial charge < -0.3 is 15.5 Å². The molecule has 0 aliphatic carbocycles. The highest BCUT2D eigenvalue weighted by Crippen LogP contribution is 2.30. The second-order valence-electron chi connectivity index (χ2n) is 6.07. The molecule has 110 valence electrons. The summed E-state index contributed by atoms with van der Waals surface area (Å²) in [5, 5.41) is 6.55. The minimum Gasteiger partial charge on any atom is -0.354 e. The third-order valence-corrected chi connectivity index (χ3v) is 4.79. The molecule has 4 nitrogen and oxygen atoms in total. The van der Waals surface area contributed by atoms with Crippen LogP contribution in [0.25, 0.3) is 0 Å². The van der Waals surface area contributed by atoms with E-state index < -0.39 is 0 Å². The van der Waals surface area contributed by atoms with E-state index in [1.165, 1.54) is 32.4 Å². The third kappa shape index (κ3) is 3.93. The van der Waals surface area contributed by atoms with Gasteiger partial charge in [-0.3, -0.25) is 4.79 Å². The molecule has 0 aromatic carbocycles. The molecule has 2 aliphatic heterocycles. The highest BCUT2D eigenvalue weighted by molar-refractivity contribution is 5.83. The summed E-state index contributed by atoms with van der Waals surface area (Å²) in [6, 6.07) is 0. The molecule has 2 rings (SSSR count). The number of piperidine rings is 2. The summed E-state index contributed by atoms with van der Waals surface area (Å²) in [6.07, 6.45) is 7.09. The van der Waals surface area contributed by atoms with Crippen molar-refractivity contribution >= 4 is 5.91 Å². The van der Waals surface area contributed by atoms with Gasteiger partial charge in [-0.2, -0.15) is 0 Å². The predicted octanol–water partition coefficient (Wildman–Crippen LogP) is 1.37. The SMILES string of the molecule is CCC1(C(=O)NCCN2CCCCC2)CCCNC1. The lowest BCUT2D eigenvalue weighted by atomic mass is 9.77. The monoisotopic (exact) mass is 267 g/mol. The molecule has 0 spiro atoms. The fourth-order valence-electron chi connectivity index (χ4n) is 3.32. The number of hydrogen-bond donors (Lipinski definition) is 2. The highest BCUT2D eigenvalue weighted by atomic mass is 16.2. The van der Waals surface area contributed by atoms with E-state index in [9.17, 15) is 4.79 Å². The molecule has 19 heavy (non-hydrogen) atoms. The van der Waals surface area contributed by atoms with Crippen molar-refractivity contribution in [2.75, 3.05) is 39.3 Å². The molecule has 2 heterocycles. The van der Waals surface area contributed by atoms with Gasteiger partial charge in [-0.05, 0) is 51.7 Å². The van der Waals surface area contributed by atoms with E-state index >= 15 is 0 Å². The summed E-state index contributed by atoms with van der Waals surface area (Å²) in [5.74, 6) is 0.263. The van der Waals surface area contributed by atoms with E-state index in [2.05, 4.69) is 22.5 Å². The maximum atomic E-state index is 12.4. The average Bonchev–Trinajstić information content (AvgIpc) is 2.49. The van der Waals surface area contributed by atoms with Crippen molar-refractivity contribution in [3.63, 3.8) is 0 Å². The van der Waals surface area contributed by atoms with Gasteiger partial charge in [0.05, 0.1) is 5.41 Å².